The standard InChI is InChI=1S/C23H48N2O/c1-11-20(2,3)17-22(6,7)25-14-12-13-24(15-16-25)19-21(4,5)18-23(8,9)26-10/h11-19H2,1-10H3. The van der Waals surface area contributed by atoms with Gasteiger partial charge in [0, 0.05) is 32.3 Å². The van der Waals surface area contributed by atoms with Crippen LogP contribution >= 0.6 is 0 Å². The van der Waals surface area contributed by atoms with E-state index in [9.17, 15) is 0 Å². The molecule has 0 spiro atoms. The monoisotopic (exact) mass is 368 g/mol. The molecule has 3 heteroatoms. The molecule has 0 aromatic rings. The first-order valence-electron chi connectivity index (χ1n) is 10.7. The molecular weight excluding hydrogens is 320 g/mol. The topological polar surface area (TPSA) is 15.7 Å². The van der Waals surface area contributed by atoms with Gasteiger partial charge in [0.25, 0.3) is 0 Å². The van der Waals surface area contributed by atoms with Crippen LogP contribution in [0.4, 0.5) is 0 Å². The maximum Gasteiger partial charge on any atom is 0.0628 e. The smallest absolute Gasteiger partial charge is 0.0628 e. The van der Waals surface area contributed by atoms with Gasteiger partial charge in [0.15, 0.2) is 0 Å². The summed E-state index contributed by atoms with van der Waals surface area (Å²) in [5, 5.41) is 0. The first kappa shape index (κ1) is 23.9. The number of methoxy groups -OCH3 is 1. The Kier molecular flexibility index (Phi) is 8.21. The van der Waals surface area contributed by atoms with Gasteiger partial charge in [-0.15, -0.1) is 0 Å². The van der Waals surface area contributed by atoms with Crippen LogP contribution in [-0.4, -0.2) is 60.8 Å². The molecule has 1 rings (SSSR count). The van der Waals surface area contributed by atoms with Gasteiger partial charge in [0.1, 0.15) is 0 Å². The molecule has 0 aromatic heterocycles. The van der Waals surface area contributed by atoms with Crippen molar-refractivity contribution in [1.82, 2.24) is 9.80 Å². The highest BCUT2D eigenvalue weighted by molar-refractivity contribution is 4.90. The Hall–Kier alpha value is -0.120. The van der Waals surface area contributed by atoms with Gasteiger partial charge >= 0.3 is 0 Å². The Morgan fingerprint density at radius 1 is 0.769 bits per heavy atom. The number of hydrogen-bond acceptors (Lipinski definition) is 3. The second kappa shape index (κ2) is 8.92. The molecule has 1 aliphatic rings. The molecule has 26 heavy (non-hydrogen) atoms. The van der Waals surface area contributed by atoms with Crippen LogP contribution in [0.5, 0.6) is 0 Å². The van der Waals surface area contributed by atoms with Crippen molar-refractivity contribution >= 4 is 0 Å². The summed E-state index contributed by atoms with van der Waals surface area (Å²) in [6.07, 6.45) is 4.89. The summed E-state index contributed by atoms with van der Waals surface area (Å²) < 4.78 is 5.68. The molecule has 156 valence electrons. The summed E-state index contributed by atoms with van der Waals surface area (Å²) in [6, 6.07) is 0. The van der Waals surface area contributed by atoms with E-state index in [4.69, 9.17) is 4.74 Å². The lowest BCUT2D eigenvalue weighted by atomic mass is 9.77. The van der Waals surface area contributed by atoms with Crippen molar-refractivity contribution in [1.29, 1.82) is 0 Å². The molecule has 0 unspecified atom stereocenters. The molecular formula is C23H48N2O. The van der Waals surface area contributed by atoms with Crippen LogP contribution in [-0.2, 0) is 4.74 Å². The fraction of sp³-hybridized carbons (Fsp3) is 1.00. The molecule has 0 bridgehead atoms. The molecule has 1 saturated heterocycles. The van der Waals surface area contributed by atoms with Crippen LogP contribution in [0.25, 0.3) is 0 Å². The van der Waals surface area contributed by atoms with E-state index in [0.29, 0.717) is 5.41 Å². The summed E-state index contributed by atoms with van der Waals surface area (Å²) in [7, 11) is 1.83. The van der Waals surface area contributed by atoms with E-state index in [0.717, 1.165) is 13.0 Å². The van der Waals surface area contributed by atoms with Gasteiger partial charge in [-0.2, -0.15) is 0 Å². The molecule has 0 radical (unpaired) electrons. The fourth-order valence-corrected chi connectivity index (χ4v) is 5.03. The number of nitrogens with zero attached hydrogens (tertiary/aromatic N) is 2. The third-order valence-electron chi connectivity index (χ3n) is 6.42. The van der Waals surface area contributed by atoms with Crippen molar-refractivity contribution < 1.29 is 4.74 Å². The molecule has 0 aliphatic carbocycles. The summed E-state index contributed by atoms with van der Waals surface area (Å²) in [5.41, 5.74) is 0.926. The van der Waals surface area contributed by atoms with Crippen LogP contribution in [0.15, 0.2) is 0 Å². The zero-order chi connectivity index (χ0) is 20.2. The molecule has 1 heterocycles. The predicted octanol–water partition coefficient (Wildman–Crippen LogP) is 5.44. The first-order chi connectivity index (χ1) is 11.7. The highest BCUT2D eigenvalue weighted by atomic mass is 16.5. The van der Waals surface area contributed by atoms with E-state index < -0.39 is 0 Å². The fourth-order valence-electron chi connectivity index (χ4n) is 5.03. The third-order valence-corrected chi connectivity index (χ3v) is 6.42. The average Bonchev–Trinajstić information content (AvgIpc) is 2.70. The van der Waals surface area contributed by atoms with Gasteiger partial charge in [-0.3, -0.25) is 4.90 Å². The zero-order valence-electron chi connectivity index (χ0n) is 19.7. The third kappa shape index (κ3) is 7.86. The molecule has 0 saturated carbocycles. The Balaban J connectivity index is 2.65. The molecule has 0 N–H and O–H groups in total. The molecule has 1 fully saturated rings. The Labute approximate surface area is 164 Å². The Morgan fingerprint density at radius 2 is 1.38 bits per heavy atom. The summed E-state index contributed by atoms with van der Waals surface area (Å²) in [6.45, 7) is 27.2. The lowest BCUT2D eigenvalue weighted by molar-refractivity contribution is -0.0201. The minimum absolute atomic E-state index is 0.0465. The van der Waals surface area contributed by atoms with Crippen molar-refractivity contribution in [3.8, 4) is 0 Å². The second-order valence-corrected chi connectivity index (χ2v) is 11.4. The molecule has 1 aliphatic heterocycles. The van der Waals surface area contributed by atoms with E-state index in [-0.39, 0.29) is 16.6 Å². The molecule has 0 atom stereocenters. The number of ether oxygens (including phenoxy) is 1. The van der Waals surface area contributed by atoms with Crippen LogP contribution in [0, 0.1) is 10.8 Å². The zero-order valence-corrected chi connectivity index (χ0v) is 19.7. The van der Waals surface area contributed by atoms with Gasteiger partial charge in [-0.1, -0.05) is 41.0 Å². The van der Waals surface area contributed by atoms with Gasteiger partial charge < -0.3 is 9.64 Å². The van der Waals surface area contributed by atoms with Crippen LogP contribution < -0.4 is 0 Å². The maximum atomic E-state index is 5.68. The Morgan fingerprint density at radius 3 is 1.92 bits per heavy atom. The summed E-state index contributed by atoms with van der Waals surface area (Å²) >= 11 is 0. The SMILES string of the molecule is CCC(C)(C)CC(C)(C)N1CCCN(CC(C)(C)CC(C)(C)OC)CC1. The van der Waals surface area contributed by atoms with Crippen LogP contribution in [0.3, 0.4) is 0 Å². The van der Waals surface area contributed by atoms with Crippen molar-refractivity contribution in [3.63, 3.8) is 0 Å². The Bertz CT molecular complexity index is 426. The second-order valence-electron chi connectivity index (χ2n) is 11.4. The van der Waals surface area contributed by atoms with E-state index in [1.54, 1.807) is 0 Å². The van der Waals surface area contributed by atoms with E-state index >= 15 is 0 Å². The van der Waals surface area contributed by atoms with Crippen molar-refractivity contribution in [2.75, 3.05) is 39.8 Å². The molecule has 0 amide bonds. The van der Waals surface area contributed by atoms with Crippen molar-refractivity contribution in [3.05, 3.63) is 0 Å². The minimum Gasteiger partial charge on any atom is -0.379 e. The summed E-state index contributed by atoms with van der Waals surface area (Å²) in [5.74, 6) is 0. The van der Waals surface area contributed by atoms with Gasteiger partial charge in [0.2, 0.25) is 0 Å². The van der Waals surface area contributed by atoms with Gasteiger partial charge in [0.05, 0.1) is 5.60 Å². The van der Waals surface area contributed by atoms with Crippen LogP contribution in [0.1, 0.15) is 88.0 Å². The highest BCUT2D eigenvalue weighted by Gasteiger charge is 2.35. The van der Waals surface area contributed by atoms with E-state index in [1.807, 2.05) is 7.11 Å². The minimum atomic E-state index is -0.0465. The van der Waals surface area contributed by atoms with E-state index in [1.165, 1.54) is 45.4 Å². The lowest BCUT2D eigenvalue weighted by Gasteiger charge is -2.43. The number of hydrogen-bond donors (Lipinski definition) is 0. The van der Waals surface area contributed by atoms with Crippen molar-refractivity contribution in [2.45, 2.75) is 99.1 Å². The maximum absolute atomic E-state index is 5.68. The molecule has 0 aromatic carbocycles. The van der Waals surface area contributed by atoms with Gasteiger partial charge in [-0.05, 0) is 70.9 Å². The van der Waals surface area contributed by atoms with Crippen molar-refractivity contribution in [2.24, 2.45) is 10.8 Å². The number of rotatable bonds is 9. The largest absolute Gasteiger partial charge is 0.379 e. The highest BCUT2D eigenvalue weighted by Crippen LogP contribution is 2.35. The predicted molar refractivity (Wildman–Crippen MR) is 115 cm³/mol. The quantitative estimate of drug-likeness (QED) is 0.539. The molecule has 3 nitrogen and oxygen atoms in total. The first-order valence-corrected chi connectivity index (χ1v) is 10.7. The van der Waals surface area contributed by atoms with E-state index in [2.05, 4.69) is 72.1 Å². The normalized spacial score (nSPS) is 19.6. The van der Waals surface area contributed by atoms with Crippen LogP contribution in [0.2, 0.25) is 0 Å². The lowest BCUT2D eigenvalue weighted by Crippen LogP contribution is -2.48. The van der Waals surface area contributed by atoms with Gasteiger partial charge in [-0.25, -0.2) is 0 Å². The average molecular weight is 369 g/mol. The summed E-state index contributed by atoms with van der Waals surface area (Å²) in [4.78, 5) is 5.43.